The van der Waals surface area contributed by atoms with Gasteiger partial charge in [0, 0.05) is 0 Å². The lowest BCUT2D eigenvalue weighted by Gasteiger charge is -2.46. The van der Waals surface area contributed by atoms with E-state index >= 15 is 0 Å². The fourth-order valence-electron chi connectivity index (χ4n) is 4.52. The van der Waals surface area contributed by atoms with Gasteiger partial charge in [-0.2, -0.15) is 0 Å². The molecule has 1 N–H and O–H groups in total. The summed E-state index contributed by atoms with van der Waals surface area (Å²) in [6, 6.07) is 0. The summed E-state index contributed by atoms with van der Waals surface area (Å²) < 4.78 is 0. The predicted octanol–water partition coefficient (Wildman–Crippen LogP) is 4.20. The van der Waals surface area contributed by atoms with E-state index in [9.17, 15) is 9.90 Å². The summed E-state index contributed by atoms with van der Waals surface area (Å²) >= 11 is 0. The molecule has 0 aromatic rings. The van der Waals surface area contributed by atoms with Crippen molar-refractivity contribution in [2.75, 3.05) is 0 Å². The molecule has 2 nitrogen and oxygen atoms in total. The summed E-state index contributed by atoms with van der Waals surface area (Å²) in [4.78, 5) is 11.5. The first-order valence-corrected chi connectivity index (χ1v) is 6.74. The van der Waals surface area contributed by atoms with E-state index < -0.39 is 11.4 Å². The van der Waals surface area contributed by atoms with E-state index in [1.807, 2.05) is 13.8 Å². The van der Waals surface area contributed by atoms with Gasteiger partial charge in [0.15, 0.2) is 0 Å². The summed E-state index contributed by atoms with van der Waals surface area (Å²) in [6.07, 6.45) is 2.26. The van der Waals surface area contributed by atoms with E-state index in [1.54, 1.807) is 0 Å². The Hall–Kier alpha value is -0.530. The van der Waals surface area contributed by atoms with Crippen molar-refractivity contribution in [3.63, 3.8) is 0 Å². The molecule has 0 radical (unpaired) electrons. The van der Waals surface area contributed by atoms with Gasteiger partial charge in [-0.25, -0.2) is 0 Å². The van der Waals surface area contributed by atoms with Crippen LogP contribution in [0, 0.1) is 28.1 Å². The van der Waals surface area contributed by atoms with Crippen LogP contribution in [-0.2, 0) is 4.79 Å². The summed E-state index contributed by atoms with van der Waals surface area (Å²) in [5.74, 6) is 0.0429. The third kappa shape index (κ3) is 1.90. The standard InChI is InChI=1S/C15H28O2/c1-8-15(7)9-10(2)11(14(15,5)6)13(3,4)12(16)17/h10-11H,8-9H2,1-7H3,(H,16,17). The van der Waals surface area contributed by atoms with Crippen molar-refractivity contribution < 1.29 is 9.90 Å². The van der Waals surface area contributed by atoms with Gasteiger partial charge in [-0.15, -0.1) is 0 Å². The Balaban J connectivity index is 3.23. The largest absolute Gasteiger partial charge is 0.481 e. The van der Waals surface area contributed by atoms with Crippen LogP contribution in [0.3, 0.4) is 0 Å². The Bertz CT molecular complexity index is 317. The van der Waals surface area contributed by atoms with Crippen molar-refractivity contribution in [1.82, 2.24) is 0 Å². The summed E-state index contributed by atoms with van der Waals surface area (Å²) in [5.41, 5.74) is -0.317. The highest BCUT2D eigenvalue weighted by Gasteiger charge is 2.59. The predicted molar refractivity (Wildman–Crippen MR) is 70.9 cm³/mol. The maximum absolute atomic E-state index is 11.5. The molecular weight excluding hydrogens is 212 g/mol. The van der Waals surface area contributed by atoms with Gasteiger partial charge in [0.25, 0.3) is 0 Å². The monoisotopic (exact) mass is 240 g/mol. The first-order valence-electron chi connectivity index (χ1n) is 6.74. The summed E-state index contributed by atoms with van der Waals surface area (Å²) in [5, 5.41) is 9.49. The fraction of sp³-hybridized carbons (Fsp3) is 0.933. The normalized spacial score (nSPS) is 37.1. The average molecular weight is 240 g/mol. The van der Waals surface area contributed by atoms with Crippen LogP contribution in [0.2, 0.25) is 0 Å². The van der Waals surface area contributed by atoms with Crippen LogP contribution in [0.25, 0.3) is 0 Å². The molecule has 1 rings (SSSR count). The van der Waals surface area contributed by atoms with Crippen molar-refractivity contribution >= 4 is 5.97 Å². The number of rotatable bonds is 3. The molecule has 3 atom stereocenters. The second-order valence-electron chi connectivity index (χ2n) is 7.32. The Morgan fingerprint density at radius 3 is 2.12 bits per heavy atom. The lowest BCUT2D eigenvalue weighted by atomic mass is 9.58. The first kappa shape index (κ1) is 14.5. The number of hydrogen-bond acceptors (Lipinski definition) is 1. The average Bonchev–Trinajstić information content (AvgIpc) is 2.33. The van der Waals surface area contributed by atoms with Crippen LogP contribution in [0.4, 0.5) is 0 Å². The highest BCUT2D eigenvalue weighted by atomic mass is 16.4. The van der Waals surface area contributed by atoms with Gasteiger partial charge in [0.05, 0.1) is 5.41 Å². The molecule has 1 saturated carbocycles. The number of aliphatic carboxylic acids is 1. The van der Waals surface area contributed by atoms with Gasteiger partial charge in [0.1, 0.15) is 0 Å². The topological polar surface area (TPSA) is 37.3 Å². The van der Waals surface area contributed by atoms with Crippen LogP contribution >= 0.6 is 0 Å². The van der Waals surface area contributed by atoms with Crippen LogP contribution in [0.1, 0.15) is 61.3 Å². The van der Waals surface area contributed by atoms with Crippen LogP contribution in [0.15, 0.2) is 0 Å². The maximum atomic E-state index is 11.5. The van der Waals surface area contributed by atoms with Gasteiger partial charge < -0.3 is 5.11 Å². The minimum atomic E-state index is -0.664. The highest BCUT2D eigenvalue weighted by molar-refractivity contribution is 5.74. The Labute approximate surface area is 106 Å². The molecule has 0 saturated heterocycles. The number of carbonyl (C=O) groups is 1. The van der Waals surface area contributed by atoms with E-state index in [0.29, 0.717) is 5.92 Å². The zero-order valence-corrected chi connectivity index (χ0v) is 12.4. The SMILES string of the molecule is CCC1(C)CC(C)C(C(C)(C)C(=O)O)C1(C)C. The molecule has 0 aromatic heterocycles. The van der Waals surface area contributed by atoms with Crippen molar-refractivity contribution in [1.29, 1.82) is 0 Å². The molecule has 2 heteroatoms. The van der Waals surface area contributed by atoms with Gasteiger partial charge in [0.2, 0.25) is 0 Å². The minimum absolute atomic E-state index is 0.0725. The molecule has 1 aliphatic rings. The van der Waals surface area contributed by atoms with Crippen molar-refractivity contribution in [3.05, 3.63) is 0 Å². The molecule has 0 bridgehead atoms. The molecular formula is C15H28O2. The fourth-order valence-corrected chi connectivity index (χ4v) is 4.52. The second-order valence-corrected chi connectivity index (χ2v) is 7.32. The third-order valence-corrected chi connectivity index (χ3v) is 5.78. The molecule has 3 unspecified atom stereocenters. The van der Waals surface area contributed by atoms with Gasteiger partial charge in [-0.3, -0.25) is 4.79 Å². The molecule has 0 amide bonds. The van der Waals surface area contributed by atoms with E-state index in [4.69, 9.17) is 0 Å². The summed E-state index contributed by atoms with van der Waals surface area (Å²) in [7, 11) is 0. The summed E-state index contributed by atoms with van der Waals surface area (Å²) in [6.45, 7) is 15.1. The first-order chi connectivity index (χ1) is 7.50. The number of carboxylic acid groups (broad SMARTS) is 1. The van der Waals surface area contributed by atoms with Crippen LogP contribution < -0.4 is 0 Å². The molecule has 0 aliphatic heterocycles. The van der Waals surface area contributed by atoms with Gasteiger partial charge in [-0.05, 0) is 42.9 Å². The van der Waals surface area contributed by atoms with Gasteiger partial charge in [-0.1, -0.05) is 41.0 Å². The molecule has 0 aromatic carbocycles. The van der Waals surface area contributed by atoms with E-state index in [2.05, 4.69) is 34.6 Å². The van der Waals surface area contributed by atoms with Crippen molar-refractivity contribution in [3.8, 4) is 0 Å². The Morgan fingerprint density at radius 1 is 1.35 bits per heavy atom. The molecule has 1 fully saturated rings. The molecule has 100 valence electrons. The van der Waals surface area contributed by atoms with E-state index in [-0.39, 0.29) is 16.7 Å². The smallest absolute Gasteiger partial charge is 0.309 e. The maximum Gasteiger partial charge on any atom is 0.309 e. The number of carboxylic acids is 1. The van der Waals surface area contributed by atoms with Crippen molar-refractivity contribution in [2.24, 2.45) is 28.1 Å². The van der Waals surface area contributed by atoms with E-state index in [1.165, 1.54) is 0 Å². The van der Waals surface area contributed by atoms with Crippen LogP contribution in [0.5, 0.6) is 0 Å². The quantitative estimate of drug-likeness (QED) is 0.803. The van der Waals surface area contributed by atoms with Crippen molar-refractivity contribution in [2.45, 2.75) is 61.3 Å². The lowest BCUT2D eigenvalue weighted by molar-refractivity contribution is -0.155. The van der Waals surface area contributed by atoms with Gasteiger partial charge >= 0.3 is 5.97 Å². The molecule has 0 spiro atoms. The zero-order chi connectivity index (χ0) is 13.6. The highest BCUT2D eigenvalue weighted by Crippen LogP contribution is 2.64. The number of hydrogen-bond donors (Lipinski definition) is 1. The molecule has 17 heavy (non-hydrogen) atoms. The van der Waals surface area contributed by atoms with Crippen LogP contribution in [-0.4, -0.2) is 11.1 Å². The lowest BCUT2D eigenvalue weighted by Crippen LogP contribution is -2.44. The second kappa shape index (κ2) is 4.00. The Morgan fingerprint density at radius 2 is 1.82 bits per heavy atom. The van der Waals surface area contributed by atoms with E-state index in [0.717, 1.165) is 12.8 Å². The zero-order valence-electron chi connectivity index (χ0n) is 12.4. The molecule has 1 aliphatic carbocycles. The Kier molecular flexibility index (Phi) is 3.42. The third-order valence-electron chi connectivity index (χ3n) is 5.78. The minimum Gasteiger partial charge on any atom is -0.481 e. The molecule has 0 heterocycles.